The van der Waals surface area contributed by atoms with Crippen LogP contribution in [0.25, 0.3) is 0 Å². The fourth-order valence-electron chi connectivity index (χ4n) is 7.68. The molecule has 0 aromatic carbocycles. The van der Waals surface area contributed by atoms with Gasteiger partial charge in [0.1, 0.15) is 6.10 Å². The van der Waals surface area contributed by atoms with Gasteiger partial charge in [0.05, 0.1) is 10.2 Å². The quantitative estimate of drug-likeness (QED) is 0.344. The molecule has 0 radical (unpaired) electrons. The van der Waals surface area contributed by atoms with Gasteiger partial charge in [0.25, 0.3) is 0 Å². The number of rotatable bonds is 6. The number of thioether (sulfide) groups is 2. The third-order valence-corrected chi connectivity index (χ3v) is 12.6. The van der Waals surface area contributed by atoms with Crippen molar-refractivity contribution in [3.8, 4) is 0 Å². The molecule has 4 rings (SSSR count). The van der Waals surface area contributed by atoms with Crippen LogP contribution in [0.1, 0.15) is 60.3 Å². The van der Waals surface area contributed by atoms with Crippen LogP contribution in [0, 0.1) is 22.7 Å². The summed E-state index contributed by atoms with van der Waals surface area (Å²) in [6.45, 7) is 9.88. The molecule has 0 aliphatic heterocycles. The van der Waals surface area contributed by atoms with Crippen molar-refractivity contribution in [3.63, 3.8) is 0 Å². The zero-order chi connectivity index (χ0) is 24.2. The summed E-state index contributed by atoms with van der Waals surface area (Å²) < 4.78 is 29.6. The molecule has 4 nitrogen and oxygen atoms in total. The molecule has 1 unspecified atom stereocenters. The van der Waals surface area contributed by atoms with E-state index in [1.54, 1.807) is 19.3 Å². The number of hydrogen-bond acceptors (Lipinski definition) is 6. The van der Waals surface area contributed by atoms with Gasteiger partial charge in [-0.05, 0) is 62.2 Å². The molecule has 4 aliphatic rings. The SMILES string of the molecule is CCSC1(SCC)[C@H](OC)C[C@H]2[C@@H]3CCC4=CC(=O)C=C[C@]4(C)C3(F)[C@@H](OC(C)=O)C[C@@]21C. The topological polar surface area (TPSA) is 52.6 Å². The Morgan fingerprint density at radius 2 is 1.85 bits per heavy atom. The minimum Gasteiger partial charge on any atom is -0.459 e. The van der Waals surface area contributed by atoms with E-state index in [4.69, 9.17) is 9.47 Å². The molecule has 0 saturated heterocycles. The number of carbonyl (C=O) groups is 2. The van der Waals surface area contributed by atoms with Crippen LogP contribution >= 0.6 is 23.5 Å². The smallest absolute Gasteiger partial charge is 0.303 e. The van der Waals surface area contributed by atoms with Crippen molar-refractivity contribution < 1.29 is 23.5 Å². The third-order valence-electron chi connectivity index (χ3n) is 9.01. The lowest BCUT2D eigenvalue weighted by atomic mass is 9.46. The second kappa shape index (κ2) is 8.70. The molecular formula is C26H37FO4S2. The second-order valence-corrected chi connectivity index (χ2v) is 13.6. The van der Waals surface area contributed by atoms with Gasteiger partial charge in [0, 0.05) is 30.8 Å². The summed E-state index contributed by atoms with van der Waals surface area (Å²) in [5.41, 5.74) is -2.17. The average molecular weight is 497 g/mol. The summed E-state index contributed by atoms with van der Waals surface area (Å²) in [5, 5.41) is 0. The van der Waals surface area contributed by atoms with Gasteiger partial charge in [0.15, 0.2) is 11.5 Å². The minimum absolute atomic E-state index is 0.00375. The Kier molecular flexibility index (Phi) is 6.67. The summed E-state index contributed by atoms with van der Waals surface area (Å²) in [4.78, 5) is 24.4. The van der Waals surface area contributed by atoms with Gasteiger partial charge in [-0.3, -0.25) is 9.59 Å². The first kappa shape index (κ1) is 25.3. The lowest BCUT2D eigenvalue weighted by Gasteiger charge is -2.63. The Morgan fingerprint density at radius 3 is 2.42 bits per heavy atom. The molecule has 4 aliphatic carbocycles. The monoisotopic (exact) mass is 496 g/mol. The highest BCUT2D eigenvalue weighted by Gasteiger charge is 2.76. The summed E-state index contributed by atoms with van der Waals surface area (Å²) >= 11 is 3.83. The van der Waals surface area contributed by atoms with Gasteiger partial charge in [-0.1, -0.05) is 32.4 Å². The first-order valence-corrected chi connectivity index (χ1v) is 14.1. The molecule has 0 N–H and O–H groups in total. The highest BCUT2D eigenvalue weighted by Crippen LogP contribution is 2.74. The molecule has 7 atom stereocenters. The van der Waals surface area contributed by atoms with Crippen LogP contribution < -0.4 is 0 Å². The van der Waals surface area contributed by atoms with Gasteiger partial charge in [-0.25, -0.2) is 4.39 Å². The van der Waals surface area contributed by atoms with E-state index < -0.39 is 23.2 Å². The van der Waals surface area contributed by atoms with Gasteiger partial charge in [-0.2, -0.15) is 0 Å². The number of fused-ring (bicyclic) bond motifs is 5. The molecule has 0 aromatic heterocycles. The summed E-state index contributed by atoms with van der Waals surface area (Å²) in [7, 11) is 1.78. The van der Waals surface area contributed by atoms with Crippen LogP contribution in [0.15, 0.2) is 23.8 Å². The van der Waals surface area contributed by atoms with E-state index >= 15 is 4.39 Å². The lowest BCUT2D eigenvalue weighted by Crippen LogP contribution is -2.68. The van der Waals surface area contributed by atoms with Crippen LogP contribution in [0.5, 0.6) is 0 Å². The molecule has 0 aromatic rings. The maximum Gasteiger partial charge on any atom is 0.303 e. The van der Waals surface area contributed by atoms with Crippen LogP contribution in [0.3, 0.4) is 0 Å². The van der Waals surface area contributed by atoms with Crippen molar-refractivity contribution in [1.82, 2.24) is 0 Å². The fourth-order valence-corrected chi connectivity index (χ4v) is 11.5. The Bertz CT molecular complexity index is 882. The van der Waals surface area contributed by atoms with E-state index in [0.29, 0.717) is 19.3 Å². The van der Waals surface area contributed by atoms with Crippen molar-refractivity contribution in [2.75, 3.05) is 18.6 Å². The number of ether oxygens (including phenoxy) is 2. The van der Waals surface area contributed by atoms with Crippen LogP contribution in [0.4, 0.5) is 4.39 Å². The largest absolute Gasteiger partial charge is 0.459 e. The molecule has 0 bridgehead atoms. The molecule has 0 heterocycles. The summed E-state index contributed by atoms with van der Waals surface area (Å²) in [6.07, 6.45) is 6.55. The van der Waals surface area contributed by atoms with E-state index in [9.17, 15) is 9.59 Å². The molecule has 0 amide bonds. The number of esters is 1. The number of methoxy groups -OCH3 is 1. The number of allylic oxidation sites excluding steroid dienone is 4. The Hall–Kier alpha value is -0.790. The van der Waals surface area contributed by atoms with Crippen molar-refractivity contribution in [3.05, 3.63) is 23.8 Å². The van der Waals surface area contributed by atoms with E-state index in [2.05, 4.69) is 20.8 Å². The average Bonchev–Trinajstić information content (AvgIpc) is 2.98. The molecule has 3 saturated carbocycles. The van der Waals surface area contributed by atoms with Crippen molar-refractivity contribution >= 4 is 35.3 Å². The van der Waals surface area contributed by atoms with E-state index in [0.717, 1.165) is 23.5 Å². The maximum atomic E-state index is 17.8. The Morgan fingerprint density at radius 1 is 1.18 bits per heavy atom. The minimum atomic E-state index is -1.77. The first-order chi connectivity index (χ1) is 15.5. The highest BCUT2D eigenvalue weighted by atomic mass is 32.2. The second-order valence-electron chi connectivity index (χ2n) is 10.3. The number of alkyl halides is 1. The molecule has 33 heavy (non-hydrogen) atoms. The molecular weight excluding hydrogens is 459 g/mol. The van der Waals surface area contributed by atoms with Crippen molar-refractivity contribution in [1.29, 1.82) is 0 Å². The van der Waals surface area contributed by atoms with Gasteiger partial charge in [-0.15, -0.1) is 23.5 Å². The lowest BCUT2D eigenvalue weighted by molar-refractivity contribution is -0.209. The molecule has 7 heteroatoms. The highest BCUT2D eigenvalue weighted by molar-refractivity contribution is 8.18. The number of ketones is 1. The molecule has 184 valence electrons. The number of halogens is 1. The van der Waals surface area contributed by atoms with E-state index in [1.165, 1.54) is 13.0 Å². The Labute approximate surface area is 205 Å². The van der Waals surface area contributed by atoms with Crippen LogP contribution in [-0.2, 0) is 19.1 Å². The summed E-state index contributed by atoms with van der Waals surface area (Å²) in [6, 6.07) is 0. The number of hydrogen-bond donors (Lipinski definition) is 0. The van der Waals surface area contributed by atoms with Gasteiger partial charge >= 0.3 is 5.97 Å². The van der Waals surface area contributed by atoms with Gasteiger partial charge in [0.2, 0.25) is 0 Å². The zero-order valence-electron chi connectivity index (χ0n) is 20.6. The van der Waals surface area contributed by atoms with Crippen molar-refractivity contribution in [2.45, 2.75) is 82.3 Å². The number of carbonyl (C=O) groups excluding carboxylic acids is 2. The maximum absolute atomic E-state index is 17.8. The molecule has 0 spiro atoms. The van der Waals surface area contributed by atoms with Crippen molar-refractivity contribution in [2.24, 2.45) is 22.7 Å². The third kappa shape index (κ3) is 3.35. The van der Waals surface area contributed by atoms with Crippen LogP contribution in [-0.4, -0.2) is 52.3 Å². The molecule has 3 fully saturated rings. The predicted octanol–water partition coefficient (Wildman–Crippen LogP) is 5.76. The van der Waals surface area contributed by atoms with Gasteiger partial charge < -0.3 is 9.47 Å². The first-order valence-electron chi connectivity index (χ1n) is 12.1. The Balaban J connectivity index is 1.89. The summed E-state index contributed by atoms with van der Waals surface area (Å²) in [5.74, 6) is 1.15. The normalized spacial score (nSPS) is 43.4. The fraction of sp³-hybridized carbons (Fsp3) is 0.769. The predicted molar refractivity (Wildman–Crippen MR) is 133 cm³/mol. The van der Waals surface area contributed by atoms with E-state index in [-0.39, 0.29) is 33.2 Å². The zero-order valence-corrected chi connectivity index (χ0v) is 22.2. The standard InChI is InChI=1S/C26H37FO4S2/c1-7-32-26(33-8-2)21(30-6)14-20-19-10-9-17-13-18(29)11-12-23(17,4)25(19,27)22(31-16(3)28)15-24(20,26)5/h11-13,19-22H,7-10,14-15H2,1-6H3/t19-,20-,21+,22-,23-,24-,25?/m0/s1. The van der Waals surface area contributed by atoms with E-state index in [1.807, 2.05) is 30.4 Å². The van der Waals surface area contributed by atoms with Crippen LogP contribution in [0.2, 0.25) is 0 Å².